The molecular formula is C35H44N2O19. The minimum atomic E-state index is -1.73. The zero-order valence-corrected chi connectivity index (χ0v) is 31.8. The molecule has 10 atom stereocenters. The first-order valence-corrected chi connectivity index (χ1v) is 17.0. The normalized spacial score (nSPS) is 26.9. The van der Waals surface area contributed by atoms with Gasteiger partial charge in [-0.2, -0.15) is 0 Å². The van der Waals surface area contributed by atoms with Crippen LogP contribution in [-0.4, -0.2) is 128 Å². The van der Waals surface area contributed by atoms with E-state index in [0.717, 1.165) is 55.4 Å². The van der Waals surface area contributed by atoms with Gasteiger partial charge in [-0.15, -0.1) is 0 Å². The summed E-state index contributed by atoms with van der Waals surface area (Å²) in [4.78, 5) is 110. The second kappa shape index (κ2) is 20.2. The molecule has 21 nitrogen and oxygen atoms in total. The lowest BCUT2D eigenvalue weighted by molar-refractivity contribution is -0.263. The van der Waals surface area contributed by atoms with Crippen molar-refractivity contribution in [2.45, 2.75) is 117 Å². The number of ether oxygens (including phenoxy) is 10. The topological polar surface area (TPSA) is 270 Å². The molecule has 2 aliphatic rings. The molecule has 2 amide bonds. The zero-order chi connectivity index (χ0) is 41.9. The van der Waals surface area contributed by atoms with Crippen LogP contribution in [0.4, 0.5) is 0 Å². The third kappa shape index (κ3) is 13.2. The molecule has 1 aromatic carbocycles. The van der Waals surface area contributed by atoms with E-state index in [4.69, 9.17) is 47.4 Å². The third-order valence-electron chi connectivity index (χ3n) is 7.69. The first kappa shape index (κ1) is 44.6. The van der Waals surface area contributed by atoms with Crippen molar-refractivity contribution in [1.82, 2.24) is 10.6 Å². The maximum atomic E-state index is 13.7. The Morgan fingerprint density at radius 2 is 0.946 bits per heavy atom. The summed E-state index contributed by atoms with van der Waals surface area (Å²) >= 11 is 0. The Morgan fingerprint density at radius 3 is 1.36 bits per heavy atom. The second-order valence-electron chi connectivity index (χ2n) is 12.5. The van der Waals surface area contributed by atoms with Crippen LogP contribution in [0.1, 0.15) is 65.7 Å². The molecule has 0 saturated carbocycles. The second-order valence-corrected chi connectivity index (χ2v) is 12.5. The quantitative estimate of drug-likeness (QED) is 0.178. The van der Waals surface area contributed by atoms with Crippen LogP contribution in [0.5, 0.6) is 5.75 Å². The summed E-state index contributed by atoms with van der Waals surface area (Å²) in [5.74, 6) is -7.26. The van der Waals surface area contributed by atoms with Gasteiger partial charge in [0.25, 0.3) is 0 Å². The van der Waals surface area contributed by atoms with Gasteiger partial charge in [0.15, 0.2) is 24.4 Å². The highest BCUT2D eigenvalue weighted by Gasteiger charge is 2.53. The summed E-state index contributed by atoms with van der Waals surface area (Å²) < 4.78 is 55.4. The van der Waals surface area contributed by atoms with Crippen LogP contribution in [0.3, 0.4) is 0 Å². The molecule has 2 saturated heterocycles. The standard InChI is InChI=1S/C35H44N2O19/c1-15(38)36-27-31(51-21(7)44)29(49-19(5)42)25(13-47-17(3)40)54-34(27)53-24-11-9-10-23(12-24)33(46)56-35-28(37-16(2)39)32(52-22(8)45)30(50-20(6)43)26(55-35)14-48-18(4)41/h9-12,25-32,34-35H,13-14H2,1-8H3,(H,36,38)(H,37,39)/t25-,26-,27+,28+,29+,30+,31-,32+,34-,35+/m1/s1. The fourth-order valence-corrected chi connectivity index (χ4v) is 5.79. The number of rotatable bonds is 14. The maximum Gasteiger partial charge on any atom is 0.340 e. The van der Waals surface area contributed by atoms with Crippen molar-refractivity contribution in [3.05, 3.63) is 29.8 Å². The number of carbonyl (C=O) groups is 9. The largest absolute Gasteiger partial charge is 0.463 e. The summed E-state index contributed by atoms with van der Waals surface area (Å²) in [6.45, 7) is 7.74. The van der Waals surface area contributed by atoms with Crippen LogP contribution in [0.2, 0.25) is 0 Å². The molecule has 0 radical (unpaired) electrons. The van der Waals surface area contributed by atoms with Gasteiger partial charge in [0, 0.05) is 55.4 Å². The highest BCUT2D eigenvalue weighted by atomic mass is 16.7. The van der Waals surface area contributed by atoms with Gasteiger partial charge in [-0.3, -0.25) is 38.4 Å². The third-order valence-corrected chi connectivity index (χ3v) is 7.69. The van der Waals surface area contributed by atoms with Crippen molar-refractivity contribution >= 4 is 53.6 Å². The van der Waals surface area contributed by atoms with Crippen molar-refractivity contribution in [3.63, 3.8) is 0 Å². The van der Waals surface area contributed by atoms with Crippen molar-refractivity contribution in [2.24, 2.45) is 0 Å². The number of carbonyl (C=O) groups excluding carboxylic acids is 9. The van der Waals surface area contributed by atoms with E-state index in [9.17, 15) is 43.2 Å². The number of esters is 7. The van der Waals surface area contributed by atoms with Crippen molar-refractivity contribution in [1.29, 1.82) is 0 Å². The molecule has 0 spiro atoms. The van der Waals surface area contributed by atoms with E-state index in [2.05, 4.69) is 10.6 Å². The van der Waals surface area contributed by atoms with Crippen LogP contribution < -0.4 is 15.4 Å². The zero-order valence-electron chi connectivity index (χ0n) is 31.8. The Balaban J connectivity index is 1.99. The Bertz CT molecular complexity index is 1660. The van der Waals surface area contributed by atoms with E-state index in [1.807, 2.05) is 0 Å². The monoisotopic (exact) mass is 796 g/mol. The van der Waals surface area contributed by atoms with Crippen molar-refractivity contribution in [2.75, 3.05) is 13.2 Å². The Labute approximate surface area is 320 Å². The molecule has 308 valence electrons. The number of hydrogen-bond donors (Lipinski definition) is 2. The summed E-state index contributed by atoms with van der Waals surface area (Å²) in [5, 5.41) is 5.04. The summed E-state index contributed by atoms with van der Waals surface area (Å²) in [6.07, 6.45) is -11.7. The lowest BCUT2D eigenvalue weighted by atomic mass is 9.96. The number of amides is 2. The van der Waals surface area contributed by atoms with Gasteiger partial charge >= 0.3 is 41.8 Å². The highest BCUT2D eigenvalue weighted by Crippen LogP contribution is 2.31. The highest BCUT2D eigenvalue weighted by molar-refractivity contribution is 5.90. The van der Waals surface area contributed by atoms with Gasteiger partial charge in [-0.25, -0.2) is 4.79 Å². The average molecular weight is 797 g/mol. The first-order chi connectivity index (χ1) is 26.2. The minimum Gasteiger partial charge on any atom is -0.463 e. The molecule has 0 aliphatic carbocycles. The van der Waals surface area contributed by atoms with E-state index in [0.29, 0.717) is 0 Å². The van der Waals surface area contributed by atoms with Gasteiger partial charge in [0.05, 0.1) is 5.56 Å². The maximum absolute atomic E-state index is 13.7. The van der Waals surface area contributed by atoms with Gasteiger partial charge in [-0.05, 0) is 18.2 Å². The molecule has 0 bridgehead atoms. The van der Waals surface area contributed by atoms with E-state index >= 15 is 0 Å². The van der Waals surface area contributed by atoms with Gasteiger partial charge in [-0.1, -0.05) is 6.07 Å². The van der Waals surface area contributed by atoms with E-state index in [-0.39, 0.29) is 11.3 Å². The Kier molecular flexibility index (Phi) is 16.1. The van der Waals surface area contributed by atoms with Crippen LogP contribution >= 0.6 is 0 Å². The molecule has 0 unspecified atom stereocenters. The summed E-state index contributed by atoms with van der Waals surface area (Å²) in [7, 11) is 0. The molecule has 21 heteroatoms. The lowest BCUT2D eigenvalue weighted by Gasteiger charge is -2.44. The average Bonchev–Trinajstić information content (AvgIpc) is 3.07. The number of nitrogens with one attached hydrogen (secondary N) is 2. The number of hydrogen-bond acceptors (Lipinski definition) is 19. The smallest absolute Gasteiger partial charge is 0.340 e. The molecule has 0 aromatic heterocycles. The van der Waals surface area contributed by atoms with Crippen molar-refractivity contribution < 1.29 is 90.5 Å². The van der Waals surface area contributed by atoms with E-state index < -0.39 is 128 Å². The van der Waals surface area contributed by atoms with Crippen LogP contribution in [0.15, 0.2) is 24.3 Å². The Morgan fingerprint density at radius 1 is 0.536 bits per heavy atom. The molecule has 1 aromatic rings. The molecule has 2 heterocycles. The predicted molar refractivity (Wildman–Crippen MR) is 180 cm³/mol. The Hall–Kier alpha value is -5.83. The van der Waals surface area contributed by atoms with E-state index in [1.165, 1.54) is 24.3 Å². The van der Waals surface area contributed by atoms with Crippen LogP contribution in [-0.2, 0) is 81.0 Å². The number of benzene rings is 1. The molecular weight excluding hydrogens is 752 g/mol. The fourth-order valence-electron chi connectivity index (χ4n) is 5.79. The first-order valence-electron chi connectivity index (χ1n) is 17.0. The molecule has 2 N–H and O–H groups in total. The lowest BCUT2D eigenvalue weighted by Crippen LogP contribution is -2.67. The van der Waals surface area contributed by atoms with Crippen LogP contribution in [0, 0.1) is 0 Å². The van der Waals surface area contributed by atoms with Gasteiger partial charge < -0.3 is 58.0 Å². The van der Waals surface area contributed by atoms with Gasteiger partial charge in [0.1, 0.15) is 43.3 Å². The predicted octanol–water partition coefficient (Wildman–Crippen LogP) is -0.466. The fraction of sp³-hybridized carbons (Fsp3) is 0.571. The van der Waals surface area contributed by atoms with Crippen LogP contribution in [0.25, 0.3) is 0 Å². The minimum absolute atomic E-state index is 0.0815. The molecule has 3 rings (SSSR count). The summed E-state index contributed by atoms with van der Waals surface area (Å²) in [6, 6.07) is 2.47. The molecule has 2 fully saturated rings. The van der Waals surface area contributed by atoms with E-state index in [1.54, 1.807) is 0 Å². The van der Waals surface area contributed by atoms with Gasteiger partial charge in [0.2, 0.25) is 24.4 Å². The molecule has 2 aliphatic heterocycles. The SMILES string of the molecule is CC(=O)N[C@@H]1[C@H](Oc2cccc(C(=O)O[C@@H]3O[C@H](COC(C)=O)[C@H](OC(C)=O)[C@@H](OC(C)=O)[C@@H]3NC(C)=O)c2)O[C@H](COC(C)=O)[C@H](OC(C)=O)[C@@H]1OC(C)=O. The molecule has 56 heavy (non-hydrogen) atoms. The summed E-state index contributed by atoms with van der Waals surface area (Å²) in [5.41, 5.74) is -0.187. The van der Waals surface area contributed by atoms with Crippen molar-refractivity contribution in [3.8, 4) is 5.75 Å².